The van der Waals surface area contributed by atoms with Crippen LogP contribution in [0.2, 0.25) is 0 Å². The number of benzene rings is 2. The van der Waals surface area contributed by atoms with E-state index >= 15 is 0 Å². The van der Waals surface area contributed by atoms with E-state index in [1.807, 2.05) is 31.4 Å². The van der Waals surface area contributed by atoms with Gasteiger partial charge in [0, 0.05) is 17.6 Å². The zero-order valence-electron chi connectivity index (χ0n) is 15.1. The topological polar surface area (TPSA) is 86.0 Å². The lowest BCUT2D eigenvalue weighted by atomic mass is 10.2. The van der Waals surface area contributed by atoms with Crippen LogP contribution in [0.1, 0.15) is 16.1 Å². The average molecular weight is 382 g/mol. The van der Waals surface area contributed by atoms with E-state index in [4.69, 9.17) is 0 Å². The Morgan fingerprint density at radius 2 is 1.81 bits per heavy atom. The van der Waals surface area contributed by atoms with Crippen molar-refractivity contribution in [3.63, 3.8) is 0 Å². The first kappa shape index (κ1) is 18.7. The van der Waals surface area contributed by atoms with E-state index in [9.17, 15) is 14.4 Å². The van der Waals surface area contributed by atoms with Gasteiger partial charge < -0.3 is 5.32 Å². The molecular formula is C19H18N4O3S. The lowest BCUT2D eigenvalue weighted by molar-refractivity contribution is 0.101. The molecule has 0 fully saturated rings. The molecule has 0 saturated heterocycles. The molecule has 7 nitrogen and oxygen atoms in total. The molecule has 1 N–H and O–H groups in total. The van der Waals surface area contributed by atoms with E-state index in [0.717, 1.165) is 19.7 Å². The molecule has 0 radical (unpaired) electrons. The second-order valence-corrected chi connectivity index (χ2v) is 6.81. The molecule has 1 aromatic heterocycles. The molecule has 0 bridgehead atoms. The first-order chi connectivity index (χ1) is 12.9. The standard InChI is InChI=1S/C19H18N4O3S/c1-12-7-9-14(10-8-12)23-19(26)22(2)18(25)16(21-23)17(24)20-13-5-4-6-15(11-13)27-3/h4-11H,1-3H3,(H,20,24). The van der Waals surface area contributed by atoms with Crippen LogP contribution < -0.4 is 16.6 Å². The maximum atomic E-state index is 12.6. The Labute approximate surface area is 159 Å². The van der Waals surface area contributed by atoms with Gasteiger partial charge in [0.25, 0.3) is 11.5 Å². The first-order valence-electron chi connectivity index (χ1n) is 8.13. The van der Waals surface area contributed by atoms with Crippen molar-refractivity contribution in [2.24, 2.45) is 7.05 Å². The van der Waals surface area contributed by atoms with E-state index in [1.54, 1.807) is 30.3 Å². The molecule has 27 heavy (non-hydrogen) atoms. The number of hydrogen-bond donors (Lipinski definition) is 1. The summed E-state index contributed by atoms with van der Waals surface area (Å²) in [7, 11) is 1.32. The zero-order valence-corrected chi connectivity index (χ0v) is 15.9. The van der Waals surface area contributed by atoms with Crippen LogP contribution in [0.5, 0.6) is 0 Å². The van der Waals surface area contributed by atoms with Crippen molar-refractivity contribution >= 4 is 23.4 Å². The number of amides is 1. The van der Waals surface area contributed by atoms with E-state index in [0.29, 0.717) is 11.4 Å². The van der Waals surface area contributed by atoms with Gasteiger partial charge in [-0.25, -0.2) is 4.79 Å². The normalized spacial score (nSPS) is 10.6. The van der Waals surface area contributed by atoms with Gasteiger partial charge in [-0.1, -0.05) is 23.8 Å². The van der Waals surface area contributed by atoms with Gasteiger partial charge in [-0.15, -0.1) is 11.8 Å². The molecular weight excluding hydrogens is 364 g/mol. The van der Waals surface area contributed by atoms with Crippen molar-refractivity contribution in [2.45, 2.75) is 11.8 Å². The van der Waals surface area contributed by atoms with E-state index < -0.39 is 17.2 Å². The Hall–Kier alpha value is -3.13. The zero-order chi connectivity index (χ0) is 19.6. The Kier molecular flexibility index (Phi) is 5.27. The number of aromatic nitrogens is 3. The molecule has 0 aliphatic rings. The summed E-state index contributed by atoms with van der Waals surface area (Å²) in [5, 5.41) is 6.69. The largest absolute Gasteiger partial charge is 0.351 e. The van der Waals surface area contributed by atoms with E-state index in [-0.39, 0.29) is 5.69 Å². The SMILES string of the molecule is CSc1cccc(NC(=O)c2nn(-c3ccc(C)cc3)c(=O)n(C)c2=O)c1. The van der Waals surface area contributed by atoms with Gasteiger partial charge in [-0.2, -0.15) is 9.78 Å². The summed E-state index contributed by atoms with van der Waals surface area (Å²) in [6.45, 7) is 1.92. The molecule has 0 unspecified atom stereocenters. The predicted molar refractivity (Wildman–Crippen MR) is 106 cm³/mol. The predicted octanol–water partition coefficient (Wildman–Crippen LogP) is 2.21. The number of carbonyl (C=O) groups excluding carboxylic acids is 1. The second-order valence-electron chi connectivity index (χ2n) is 5.93. The quantitative estimate of drug-likeness (QED) is 0.699. The van der Waals surface area contributed by atoms with Crippen molar-refractivity contribution in [3.8, 4) is 5.69 Å². The number of thioether (sulfide) groups is 1. The van der Waals surface area contributed by atoms with Gasteiger partial charge >= 0.3 is 5.69 Å². The van der Waals surface area contributed by atoms with Crippen molar-refractivity contribution in [3.05, 3.63) is 80.6 Å². The van der Waals surface area contributed by atoms with Crippen molar-refractivity contribution in [1.29, 1.82) is 0 Å². The molecule has 8 heteroatoms. The molecule has 0 aliphatic heterocycles. The molecule has 0 spiro atoms. The smallest absolute Gasteiger partial charge is 0.320 e. The Morgan fingerprint density at radius 1 is 1.11 bits per heavy atom. The summed E-state index contributed by atoms with van der Waals surface area (Å²) in [5.74, 6) is -0.672. The van der Waals surface area contributed by atoms with Crippen LogP contribution in [0.3, 0.4) is 0 Å². The van der Waals surface area contributed by atoms with Gasteiger partial charge in [0.2, 0.25) is 5.69 Å². The van der Waals surface area contributed by atoms with Crippen LogP contribution >= 0.6 is 11.8 Å². The Morgan fingerprint density at radius 3 is 2.48 bits per heavy atom. The van der Waals surface area contributed by atoms with Gasteiger partial charge in [0.15, 0.2) is 0 Å². The van der Waals surface area contributed by atoms with Gasteiger partial charge in [0.1, 0.15) is 0 Å². The third kappa shape index (κ3) is 3.85. The highest BCUT2D eigenvalue weighted by molar-refractivity contribution is 7.98. The lowest BCUT2D eigenvalue weighted by Gasteiger charge is -2.10. The highest BCUT2D eigenvalue weighted by atomic mass is 32.2. The van der Waals surface area contributed by atoms with Gasteiger partial charge in [-0.05, 0) is 43.5 Å². The summed E-state index contributed by atoms with van der Waals surface area (Å²) in [6.07, 6.45) is 1.93. The van der Waals surface area contributed by atoms with Crippen molar-refractivity contribution in [1.82, 2.24) is 14.3 Å². The molecule has 0 atom stereocenters. The number of hydrogen-bond acceptors (Lipinski definition) is 5. The fourth-order valence-corrected chi connectivity index (χ4v) is 2.92. The minimum absolute atomic E-state index is 0.354. The molecule has 1 heterocycles. The van der Waals surface area contributed by atoms with E-state index in [1.165, 1.54) is 18.8 Å². The highest BCUT2D eigenvalue weighted by Crippen LogP contribution is 2.19. The molecule has 3 rings (SSSR count). The lowest BCUT2D eigenvalue weighted by Crippen LogP contribution is -2.43. The van der Waals surface area contributed by atoms with Crippen LogP contribution in [-0.4, -0.2) is 26.5 Å². The molecule has 138 valence electrons. The Bertz CT molecular complexity index is 1120. The number of nitrogens with zero attached hydrogens (tertiary/aromatic N) is 3. The van der Waals surface area contributed by atoms with Crippen molar-refractivity contribution < 1.29 is 4.79 Å². The second kappa shape index (κ2) is 7.63. The van der Waals surface area contributed by atoms with Gasteiger partial charge in [0.05, 0.1) is 5.69 Å². The number of anilines is 1. The van der Waals surface area contributed by atoms with Crippen LogP contribution in [0, 0.1) is 6.92 Å². The summed E-state index contributed by atoms with van der Waals surface area (Å²) < 4.78 is 1.92. The molecule has 0 aliphatic carbocycles. The molecule has 1 amide bonds. The summed E-state index contributed by atoms with van der Waals surface area (Å²) in [4.78, 5) is 38.4. The maximum Gasteiger partial charge on any atom is 0.351 e. The molecule has 2 aromatic carbocycles. The number of carbonyl (C=O) groups is 1. The monoisotopic (exact) mass is 382 g/mol. The van der Waals surface area contributed by atoms with Crippen molar-refractivity contribution in [2.75, 3.05) is 11.6 Å². The van der Waals surface area contributed by atoms with Gasteiger partial charge in [-0.3, -0.25) is 14.2 Å². The summed E-state index contributed by atoms with van der Waals surface area (Å²) in [6, 6.07) is 14.3. The fraction of sp³-hybridized carbons (Fsp3) is 0.158. The number of aryl methyl sites for hydroxylation is 1. The average Bonchev–Trinajstić information content (AvgIpc) is 2.67. The first-order valence-corrected chi connectivity index (χ1v) is 9.36. The van der Waals surface area contributed by atoms with Crippen LogP contribution in [-0.2, 0) is 7.05 Å². The maximum absolute atomic E-state index is 12.6. The summed E-state index contributed by atoms with van der Waals surface area (Å²) >= 11 is 1.54. The minimum Gasteiger partial charge on any atom is -0.320 e. The van der Waals surface area contributed by atoms with E-state index in [2.05, 4.69) is 10.4 Å². The molecule has 0 saturated carbocycles. The van der Waals surface area contributed by atoms with Crippen LogP contribution in [0.25, 0.3) is 5.69 Å². The number of rotatable bonds is 4. The molecule has 3 aromatic rings. The third-order valence-electron chi connectivity index (χ3n) is 4.00. The minimum atomic E-state index is -0.748. The fourth-order valence-electron chi connectivity index (χ4n) is 2.46. The van der Waals surface area contributed by atoms with Crippen LogP contribution in [0.15, 0.2) is 63.0 Å². The highest BCUT2D eigenvalue weighted by Gasteiger charge is 2.19. The third-order valence-corrected chi connectivity index (χ3v) is 4.72. The number of nitrogens with one attached hydrogen (secondary N) is 1. The summed E-state index contributed by atoms with van der Waals surface area (Å²) in [5.41, 5.74) is 0.311. The van der Waals surface area contributed by atoms with Crippen LogP contribution in [0.4, 0.5) is 5.69 Å². The Balaban J connectivity index is 2.04.